The summed E-state index contributed by atoms with van der Waals surface area (Å²) in [7, 11) is 3.46. The minimum absolute atomic E-state index is 0.00767. The molecule has 0 bridgehead atoms. The van der Waals surface area contributed by atoms with Crippen LogP contribution < -0.4 is 15.4 Å². The monoisotopic (exact) mass is 585 g/mol. The highest BCUT2D eigenvalue weighted by molar-refractivity contribution is 5.74. The number of methoxy groups -OCH3 is 1. The number of nitrogens with zero attached hydrogens (tertiary/aromatic N) is 1. The molecule has 9 heteroatoms. The smallest absolute Gasteiger partial charge is 0.317 e. The predicted molar refractivity (Wildman–Crippen MR) is 161 cm³/mol. The Morgan fingerprint density at radius 3 is 2.57 bits per heavy atom. The van der Waals surface area contributed by atoms with Gasteiger partial charge in [-0.25, -0.2) is 9.18 Å². The molecule has 2 aromatic carbocycles. The van der Waals surface area contributed by atoms with Crippen LogP contribution in [0, 0.1) is 17.7 Å². The van der Waals surface area contributed by atoms with Crippen molar-refractivity contribution in [3.63, 3.8) is 0 Å². The molecule has 2 aromatic rings. The van der Waals surface area contributed by atoms with Gasteiger partial charge in [0, 0.05) is 44.8 Å². The number of benzene rings is 2. The molecule has 8 nitrogen and oxygen atoms in total. The van der Waals surface area contributed by atoms with Gasteiger partial charge in [0.25, 0.3) is 0 Å². The number of ether oxygens (including phenoxy) is 2. The number of halogens is 1. The largest absolute Gasteiger partial charge is 0.454 e. The molecular weight excluding hydrogens is 537 g/mol. The van der Waals surface area contributed by atoms with Gasteiger partial charge in [-0.2, -0.15) is 0 Å². The Morgan fingerprint density at radius 2 is 1.86 bits per heavy atom. The number of carbonyl (C=O) groups excluding carboxylic acids is 1. The minimum atomic E-state index is -1.44. The molecular formula is C33H48FN3O5. The minimum Gasteiger partial charge on any atom is -0.454 e. The molecule has 1 aliphatic carbocycles. The zero-order valence-corrected chi connectivity index (χ0v) is 25.1. The number of aliphatic hydroxyl groups is 2. The zero-order valence-electron chi connectivity index (χ0n) is 25.1. The molecule has 1 saturated carbocycles. The highest BCUT2D eigenvalue weighted by Crippen LogP contribution is 2.45. The Labute approximate surface area is 249 Å². The van der Waals surface area contributed by atoms with Gasteiger partial charge in [-0.1, -0.05) is 43.2 Å². The lowest BCUT2D eigenvalue weighted by Crippen LogP contribution is -2.57. The average molecular weight is 586 g/mol. The third-order valence-corrected chi connectivity index (χ3v) is 8.96. The van der Waals surface area contributed by atoms with Crippen LogP contribution in [-0.2, 0) is 10.3 Å². The Balaban J connectivity index is 1.57. The number of likely N-dealkylation sites (tertiary alicyclic amines) is 1. The number of aliphatic hydroxyl groups excluding tert-OH is 1. The number of nitrogens with one attached hydrogen (secondary N) is 2. The summed E-state index contributed by atoms with van der Waals surface area (Å²) >= 11 is 0. The van der Waals surface area contributed by atoms with Crippen molar-refractivity contribution in [3.8, 4) is 11.5 Å². The molecule has 2 fully saturated rings. The second-order valence-corrected chi connectivity index (χ2v) is 11.8. The van der Waals surface area contributed by atoms with Crippen molar-refractivity contribution in [2.45, 2.75) is 75.5 Å². The lowest BCUT2D eigenvalue weighted by molar-refractivity contribution is -0.0580. The predicted octanol–water partition coefficient (Wildman–Crippen LogP) is 5.18. The lowest BCUT2D eigenvalue weighted by Gasteiger charge is -2.43. The molecule has 232 valence electrons. The van der Waals surface area contributed by atoms with Gasteiger partial charge in [0.2, 0.25) is 0 Å². The molecule has 2 amide bonds. The van der Waals surface area contributed by atoms with E-state index in [0.717, 1.165) is 32.1 Å². The number of amides is 2. The van der Waals surface area contributed by atoms with Crippen LogP contribution in [-0.4, -0.2) is 73.7 Å². The SMILES string of the molecule is CNCC(NC(=O)N1CCCC(C(O)(CCCCOC)c2cccc(F)c2Oc2ccccc2)C1)C(O)C1CCCC1. The van der Waals surface area contributed by atoms with Crippen LogP contribution in [0.3, 0.4) is 0 Å². The number of piperidine rings is 1. The van der Waals surface area contributed by atoms with Crippen LogP contribution in [0.1, 0.15) is 63.4 Å². The maximum atomic E-state index is 15.3. The summed E-state index contributed by atoms with van der Waals surface area (Å²) in [6, 6.07) is 13.0. The van der Waals surface area contributed by atoms with Crippen molar-refractivity contribution in [2.75, 3.05) is 40.4 Å². The number of unbranched alkanes of at least 4 members (excludes halogenated alkanes) is 1. The maximum Gasteiger partial charge on any atom is 0.317 e. The van der Waals surface area contributed by atoms with Crippen molar-refractivity contribution >= 4 is 6.03 Å². The number of likely N-dealkylation sites (N-methyl/N-ethyl adjacent to an activating group) is 1. The first kappa shape index (κ1) is 32.2. The summed E-state index contributed by atoms with van der Waals surface area (Å²) in [6.07, 6.45) is 6.68. The molecule has 42 heavy (non-hydrogen) atoms. The van der Waals surface area contributed by atoms with Gasteiger partial charge in [-0.3, -0.25) is 0 Å². The fraction of sp³-hybridized carbons (Fsp3) is 0.606. The molecule has 4 N–H and O–H groups in total. The molecule has 1 heterocycles. The number of urea groups is 1. The quantitative estimate of drug-likeness (QED) is 0.228. The van der Waals surface area contributed by atoms with Gasteiger partial charge < -0.3 is 35.2 Å². The number of hydrogen-bond acceptors (Lipinski definition) is 6. The first-order chi connectivity index (χ1) is 20.4. The Bertz CT molecular complexity index is 1120. The lowest BCUT2D eigenvalue weighted by atomic mass is 9.73. The number of rotatable bonds is 14. The van der Waals surface area contributed by atoms with Gasteiger partial charge in [0.05, 0.1) is 17.7 Å². The molecule has 4 atom stereocenters. The van der Waals surface area contributed by atoms with E-state index < -0.39 is 23.6 Å². The van der Waals surface area contributed by atoms with E-state index in [4.69, 9.17) is 9.47 Å². The molecule has 2 aliphatic rings. The van der Waals surface area contributed by atoms with Crippen LogP contribution in [0.2, 0.25) is 0 Å². The third kappa shape index (κ3) is 8.01. The van der Waals surface area contributed by atoms with E-state index >= 15 is 4.39 Å². The van der Waals surface area contributed by atoms with Crippen LogP contribution in [0.5, 0.6) is 11.5 Å². The fourth-order valence-electron chi connectivity index (χ4n) is 6.67. The second kappa shape index (κ2) is 15.7. The summed E-state index contributed by atoms with van der Waals surface area (Å²) < 4.78 is 26.6. The molecule has 0 radical (unpaired) electrons. The number of para-hydroxylation sites is 2. The first-order valence-corrected chi connectivity index (χ1v) is 15.5. The van der Waals surface area contributed by atoms with Crippen LogP contribution in [0.4, 0.5) is 9.18 Å². The molecule has 4 rings (SSSR count). The first-order valence-electron chi connectivity index (χ1n) is 15.5. The van der Waals surface area contributed by atoms with Crippen molar-refractivity contribution < 1.29 is 28.9 Å². The van der Waals surface area contributed by atoms with Crippen molar-refractivity contribution in [1.29, 1.82) is 0 Å². The molecule has 1 saturated heterocycles. The summed E-state index contributed by atoms with van der Waals surface area (Å²) in [5, 5.41) is 29.7. The van der Waals surface area contributed by atoms with Crippen LogP contribution >= 0.6 is 0 Å². The van der Waals surface area contributed by atoms with E-state index in [1.807, 2.05) is 25.2 Å². The van der Waals surface area contributed by atoms with Crippen LogP contribution in [0.25, 0.3) is 0 Å². The van der Waals surface area contributed by atoms with E-state index in [0.29, 0.717) is 63.2 Å². The average Bonchev–Trinajstić information content (AvgIpc) is 3.55. The molecule has 1 aliphatic heterocycles. The number of hydrogen-bond donors (Lipinski definition) is 4. The van der Waals surface area contributed by atoms with E-state index in [1.165, 1.54) is 6.07 Å². The Hall–Kier alpha value is -2.72. The third-order valence-electron chi connectivity index (χ3n) is 8.96. The zero-order chi connectivity index (χ0) is 30.0. The van der Waals surface area contributed by atoms with E-state index in [1.54, 1.807) is 36.3 Å². The highest BCUT2D eigenvalue weighted by Gasteiger charge is 2.44. The van der Waals surface area contributed by atoms with Gasteiger partial charge in [-0.05, 0) is 76.1 Å². The van der Waals surface area contributed by atoms with Crippen molar-refractivity contribution in [1.82, 2.24) is 15.5 Å². The van der Waals surface area contributed by atoms with E-state index in [-0.39, 0.29) is 23.6 Å². The van der Waals surface area contributed by atoms with Gasteiger partial charge in [0.1, 0.15) is 5.75 Å². The molecule has 0 aromatic heterocycles. The van der Waals surface area contributed by atoms with Gasteiger partial charge in [-0.15, -0.1) is 0 Å². The summed E-state index contributed by atoms with van der Waals surface area (Å²) in [5.41, 5.74) is -1.05. The summed E-state index contributed by atoms with van der Waals surface area (Å²) in [4.78, 5) is 15.3. The van der Waals surface area contributed by atoms with Crippen molar-refractivity contribution in [3.05, 3.63) is 59.9 Å². The Morgan fingerprint density at radius 1 is 1.10 bits per heavy atom. The van der Waals surface area contributed by atoms with E-state index in [9.17, 15) is 15.0 Å². The van der Waals surface area contributed by atoms with Crippen LogP contribution in [0.15, 0.2) is 48.5 Å². The van der Waals surface area contributed by atoms with E-state index in [2.05, 4.69) is 10.6 Å². The van der Waals surface area contributed by atoms with Crippen molar-refractivity contribution in [2.24, 2.45) is 11.8 Å². The fourth-order valence-corrected chi connectivity index (χ4v) is 6.67. The normalized spacial score (nSPS) is 20.6. The molecule has 0 spiro atoms. The summed E-state index contributed by atoms with van der Waals surface area (Å²) in [6.45, 7) is 1.87. The standard InChI is InChI=1S/C33H48FN3O5/c1-35-22-29(30(38)24-12-6-7-13-24)36-32(39)37-20-11-14-25(23-37)33(40,19-8-9-21-41-2)27-17-10-18-28(34)31(27)42-26-15-4-3-5-16-26/h3-5,10,15-18,24-25,29-30,35,38,40H,6-9,11-14,19-23H2,1-2H3,(H,36,39). The maximum absolute atomic E-state index is 15.3. The highest BCUT2D eigenvalue weighted by atomic mass is 19.1. The van der Waals surface area contributed by atoms with Gasteiger partial charge >= 0.3 is 6.03 Å². The molecule has 4 unspecified atom stereocenters. The van der Waals surface area contributed by atoms with Gasteiger partial charge in [0.15, 0.2) is 11.6 Å². The number of carbonyl (C=O) groups is 1. The second-order valence-electron chi connectivity index (χ2n) is 11.8. The topological polar surface area (TPSA) is 103 Å². The summed E-state index contributed by atoms with van der Waals surface area (Å²) in [5.74, 6) is -0.222. The Kier molecular flexibility index (Phi) is 12.0.